The van der Waals surface area contributed by atoms with E-state index in [2.05, 4.69) is 5.32 Å². The fourth-order valence-corrected chi connectivity index (χ4v) is 1.64. The van der Waals surface area contributed by atoms with Gasteiger partial charge in [0.1, 0.15) is 0 Å². The summed E-state index contributed by atoms with van der Waals surface area (Å²) in [6.45, 7) is 4.98. The quantitative estimate of drug-likeness (QED) is 0.601. The van der Waals surface area contributed by atoms with Gasteiger partial charge in [-0.25, -0.2) is 0 Å². The van der Waals surface area contributed by atoms with Crippen molar-refractivity contribution in [2.24, 2.45) is 5.41 Å². The second kappa shape index (κ2) is 4.40. The molecule has 1 aliphatic carbocycles. The molecule has 3 N–H and O–H groups in total. The van der Waals surface area contributed by atoms with E-state index in [9.17, 15) is 5.11 Å². The van der Waals surface area contributed by atoms with Gasteiger partial charge in [-0.2, -0.15) is 0 Å². The van der Waals surface area contributed by atoms with Crippen LogP contribution < -0.4 is 5.32 Å². The topological polar surface area (TPSA) is 52.5 Å². The van der Waals surface area contributed by atoms with Crippen molar-refractivity contribution in [2.75, 3.05) is 13.2 Å². The first kappa shape index (κ1) is 11.0. The molecule has 1 fully saturated rings. The molecule has 0 aliphatic heterocycles. The third-order valence-electron chi connectivity index (χ3n) is 2.75. The minimum absolute atomic E-state index is 0.0810. The maximum absolute atomic E-state index is 9.53. The van der Waals surface area contributed by atoms with Gasteiger partial charge >= 0.3 is 0 Å². The summed E-state index contributed by atoms with van der Waals surface area (Å²) in [5.41, 5.74) is -0.0810. The highest BCUT2D eigenvalue weighted by Crippen LogP contribution is 2.20. The van der Waals surface area contributed by atoms with Crippen LogP contribution in [0.2, 0.25) is 0 Å². The number of hydrogen-bond donors (Lipinski definition) is 3. The number of aliphatic hydroxyl groups is 2. The van der Waals surface area contributed by atoms with Gasteiger partial charge < -0.3 is 15.5 Å². The van der Waals surface area contributed by atoms with Gasteiger partial charge in [-0.3, -0.25) is 0 Å². The fraction of sp³-hybridized carbons (Fsp3) is 1.00. The second-order valence-corrected chi connectivity index (χ2v) is 4.81. The number of hydrogen-bond acceptors (Lipinski definition) is 3. The molecule has 3 nitrogen and oxygen atoms in total. The van der Waals surface area contributed by atoms with Gasteiger partial charge in [0.15, 0.2) is 0 Å². The van der Waals surface area contributed by atoms with Crippen molar-refractivity contribution in [3.05, 3.63) is 0 Å². The predicted molar refractivity (Wildman–Crippen MR) is 52.5 cm³/mol. The molecular weight excluding hydrogens is 166 g/mol. The molecule has 3 heteroatoms. The molecule has 0 aromatic rings. The summed E-state index contributed by atoms with van der Waals surface area (Å²) < 4.78 is 0. The first-order valence-electron chi connectivity index (χ1n) is 5.07. The van der Waals surface area contributed by atoms with Gasteiger partial charge in [-0.1, -0.05) is 13.8 Å². The van der Waals surface area contributed by atoms with Crippen LogP contribution in [0.3, 0.4) is 0 Å². The van der Waals surface area contributed by atoms with Crippen LogP contribution in [0.4, 0.5) is 0 Å². The molecule has 13 heavy (non-hydrogen) atoms. The van der Waals surface area contributed by atoms with Gasteiger partial charge in [0.05, 0.1) is 6.10 Å². The van der Waals surface area contributed by atoms with Crippen LogP contribution in [0.15, 0.2) is 0 Å². The highest BCUT2D eigenvalue weighted by molar-refractivity contribution is 4.84. The first-order chi connectivity index (χ1) is 6.05. The van der Waals surface area contributed by atoms with Crippen molar-refractivity contribution in [3.63, 3.8) is 0 Å². The third-order valence-corrected chi connectivity index (χ3v) is 2.75. The lowest BCUT2D eigenvalue weighted by Crippen LogP contribution is -2.42. The lowest BCUT2D eigenvalue weighted by Gasteiger charge is -2.25. The summed E-state index contributed by atoms with van der Waals surface area (Å²) in [6.07, 6.45) is 2.90. The molecule has 78 valence electrons. The van der Waals surface area contributed by atoms with Crippen molar-refractivity contribution < 1.29 is 10.2 Å². The summed E-state index contributed by atoms with van der Waals surface area (Å²) in [5.74, 6) is 0. The van der Waals surface area contributed by atoms with E-state index in [1.165, 1.54) is 0 Å². The minimum Gasteiger partial charge on any atom is -0.396 e. The molecule has 1 aliphatic rings. The fourth-order valence-electron chi connectivity index (χ4n) is 1.64. The smallest absolute Gasteiger partial charge is 0.0693 e. The van der Waals surface area contributed by atoms with E-state index < -0.39 is 0 Å². The predicted octanol–water partition coefficient (Wildman–Crippen LogP) is 0.508. The summed E-state index contributed by atoms with van der Waals surface area (Å²) in [7, 11) is 0. The third kappa shape index (κ3) is 3.25. The van der Waals surface area contributed by atoms with Crippen molar-refractivity contribution in [1.82, 2.24) is 5.32 Å². The molecular formula is C10H21NO2. The van der Waals surface area contributed by atoms with Crippen molar-refractivity contribution in [3.8, 4) is 0 Å². The van der Waals surface area contributed by atoms with Crippen LogP contribution in [0.1, 0.15) is 33.1 Å². The van der Waals surface area contributed by atoms with Gasteiger partial charge in [-0.05, 0) is 19.3 Å². The minimum atomic E-state index is -0.186. The zero-order valence-electron chi connectivity index (χ0n) is 8.58. The van der Waals surface area contributed by atoms with Gasteiger partial charge in [0.2, 0.25) is 0 Å². The highest BCUT2D eigenvalue weighted by atomic mass is 16.3. The van der Waals surface area contributed by atoms with E-state index >= 15 is 0 Å². The molecule has 0 heterocycles. The summed E-state index contributed by atoms with van der Waals surface area (Å²) in [5, 5.41) is 21.9. The molecule has 2 atom stereocenters. The van der Waals surface area contributed by atoms with E-state index in [1.54, 1.807) is 0 Å². The van der Waals surface area contributed by atoms with Crippen LogP contribution in [0, 0.1) is 5.41 Å². The van der Waals surface area contributed by atoms with Gasteiger partial charge in [0.25, 0.3) is 0 Å². The van der Waals surface area contributed by atoms with E-state index in [0.717, 1.165) is 25.8 Å². The number of rotatable bonds is 4. The molecule has 1 saturated carbocycles. The lowest BCUT2D eigenvalue weighted by atomic mass is 9.94. The molecule has 1 rings (SSSR count). The van der Waals surface area contributed by atoms with E-state index in [0.29, 0.717) is 0 Å². The summed E-state index contributed by atoms with van der Waals surface area (Å²) in [6, 6.07) is 0.242. The molecule has 2 unspecified atom stereocenters. The Morgan fingerprint density at radius 3 is 2.54 bits per heavy atom. The van der Waals surface area contributed by atoms with Crippen LogP contribution in [-0.4, -0.2) is 35.5 Å². The Bertz CT molecular complexity index is 159. The Hall–Kier alpha value is -0.120. The highest BCUT2D eigenvalue weighted by Gasteiger charge is 2.26. The molecule has 0 spiro atoms. The average molecular weight is 187 g/mol. The maximum Gasteiger partial charge on any atom is 0.0693 e. The zero-order valence-corrected chi connectivity index (χ0v) is 8.58. The second-order valence-electron chi connectivity index (χ2n) is 4.81. The van der Waals surface area contributed by atoms with Crippen LogP contribution in [-0.2, 0) is 0 Å². The van der Waals surface area contributed by atoms with Gasteiger partial charge in [0, 0.05) is 24.6 Å². The SMILES string of the molecule is CC(C)(CO)CNC1CCCC1O. The first-order valence-corrected chi connectivity index (χ1v) is 5.07. The maximum atomic E-state index is 9.53. The Kier molecular flexibility index (Phi) is 3.71. The summed E-state index contributed by atoms with van der Waals surface area (Å²) in [4.78, 5) is 0. The lowest BCUT2D eigenvalue weighted by molar-refractivity contribution is 0.121. The zero-order chi connectivity index (χ0) is 9.90. The monoisotopic (exact) mass is 187 g/mol. The molecule has 0 radical (unpaired) electrons. The van der Waals surface area contributed by atoms with Crippen molar-refractivity contribution in [2.45, 2.75) is 45.3 Å². The van der Waals surface area contributed by atoms with E-state index in [1.807, 2.05) is 13.8 Å². The van der Waals surface area contributed by atoms with E-state index in [4.69, 9.17) is 5.11 Å². The Labute approximate surface area is 80.2 Å². The number of nitrogens with one attached hydrogen (secondary N) is 1. The standard InChI is InChI=1S/C10H21NO2/c1-10(2,7-12)6-11-8-4-3-5-9(8)13/h8-9,11-13H,3-7H2,1-2H3. The Morgan fingerprint density at radius 2 is 2.08 bits per heavy atom. The Balaban J connectivity index is 2.25. The molecule has 0 aromatic carbocycles. The number of aliphatic hydroxyl groups excluding tert-OH is 2. The largest absolute Gasteiger partial charge is 0.396 e. The van der Waals surface area contributed by atoms with Crippen molar-refractivity contribution >= 4 is 0 Å². The molecule has 0 aromatic heterocycles. The van der Waals surface area contributed by atoms with Crippen LogP contribution >= 0.6 is 0 Å². The summed E-state index contributed by atoms with van der Waals surface area (Å²) >= 11 is 0. The molecule has 0 amide bonds. The van der Waals surface area contributed by atoms with E-state index in [-0.39, 0.29) is 24.2 Å². The molecule has 0 saturated heterocycles. The van der Waals surface area contributed by atoms with Crippen LogP contribution in [0.25, 0.3) is 0 Å². The normalized spacial score (nSPS) is 29.5. The van der Waals surface area contributed by atoms with Crippen LogP contribution in [0.5, 0.6) is 0 Å². The average Bonchev–Trinajstić information content (AvgIpc) is 2.48. The Morgan fingerprint density at radius 1 is 1.38 bits per heavy atom. The van der Waals surface area contributed by atoms with Gasteiger partial charge in [-0.15, -0.1) is 0 Å². The van der Waals surface area contributed by atoms with Crippen molar-refractivity contribution in [1.29, 1.82) is 0 Å². The molecule has 0 bridgehead atoms.